The van der Waals surface area contributed by atoms with Crippen LogP contribution < -0.4 is 14.8 Å². The third-order valence-electron chi connectivity index (χ3n) is 6.30. The maximum atomic E-state index is 6.05. The number of nitrogens with one attached hydrogen (secondary N) is 1. The minimum Gasteiger partial charge on any atom is -0.493 e. The van der Waals surface area contributed by atoms with Crippen molar-refractivity contribution in [3.05, 3.63) is 95.1 Å². The van der Waals surface area contributed by atoms with Crippen LogP contribution in [0.4, 0.5) is 0 Å². The zero-order valence-electron chi connectivity index (χ0n) is 19.2. The molecule has 1 aliphatic rings. The number of ether oxygens (including phenoxy) is 2. The summed E-state index contributed by atoms with van der Waals surface area (Å²) in [5.41, 5.74) is 5.05. The Labute approximate surface area is 192 Å². The molecule has 0 radical (unpaired) electrons. The van der Waals surface area contributed by atoms with Crippen LogP contribution in [0.2, 0.25) is 0 Å². The predicted molar refractivity (Wildman–Crippen MR) is 130 cm³/mol. The highest BCUT2D eigenvalue weighted by Gasteiger charge is 2.19. The van der Waals surface area contributed by atoms with Crippen molar-refractivity contribution in [2.75, 3.05) is 20.2 Å². The third kappa shape index (κ3) is 6.12. The minimum absolute atomic E-state index is 0.544. The first-order valence-electron chi connectivity index (χ1n) is 11.5. The lowest BCUT2D eigenvalue weighted by Gasteiger charge is -2.32. The van der Waals surface area contributed by atoms with E-state index in [4.69, 9.17) is 9.47 Å². The average Bonchev–Trinajstić information content (AvgIpc) is 2.84. The molecule has 3 aromatic rings. The van der Waals surface area contributed by atoms with Gasteiger partial charge in [0, 0.05) is 19.1 Å². The molecule has 1 aliphatic heterocycles. The predicted octanol–water partition coefficient (Wildman–Crippen LogP) is 5.34. The van der Waals surface area contributed by atoms with Gasteiger partial charge in [0.1, 0.15) is 6.61 Å². The summed E-state index contributed by atoms with van der Waals surface area (Å²) in [6.45, 7) is 6.83. The van der Waals surface area contributed by atoms with E-state index in [2.05, 4.69) is 71.7 Å². The van der Waals surface area contributed by atoms with E-state index in [0.717, 1.165) is 37.7 Å². The van der Waals surface area contributed by atoms with E-state index in [-0.39, 0.29) is 0 Å². The first-order chi connectivity index (χ1) is 15.7. The van der Waals surface area contributed by atoms with Crippen molar-refractivity contribution in [1.82, 2.24) is 10.2 Å². The summed E-state index contributed by atoms with van der Waals surface area (Å²) in [5.74, 6) is 1.57. The van der Waals surface area contributed by atoms with Gasteiger partial charge in [-0.25, -0.2) is 0 Å². The number of methoxy groups -OCH3 is 1. The van der Waals surface area contributed by atoms with E-state index in [9.17, 15) is 0 Å². The van der Waals surface area contributed by atoms with E-state index in [1.807, 2.05) is 18.2 Å². The standard InChI is InChI=1S/C28H34N2O2/c1-22-8-6-7-11-25(22)21-32-27-13-12-24(18-28(27)31-2)19-29-26-14-16-30(17-15-26)20-23-9-4-3-5-10-23/h3-13,18,26,29H,14-17,19-21H2,1-2H3. The molecule has 0 atom stereocenters. The van der Waals surface area contributed by atoms with Crippen LogP contribution in [0.15, 0.2) is 72.8 Å². The number of hydrogen-bond acceptors (Lipinski definition) is 4. The quantitative estimate of drug-likeness (QED) is 0.497. The first kappa shape index (κ1) is 22.4. The summed E-state index contributed by atoms with van der Waals surface area (Å²) in [6, 6.07) is 25.9. The number of aryl methyl sites for hydroxylation is 1. The van der Waals surface area contributed by atoms with E-state index < -0.39 is 0 Å². The van der Waals surface area contributed by atoms with Crippen LogP contribution in [-0.2, 0) is 19.7 Å². The van der Waals surface area contributed by atoms with Crippen LogP contribution in [0, 0.1) is 6.92 Å². The molecule has 4 nitrogen and oxygen atoms in total. The Morgan fingerprint density at radius 3 is 2.38 bits per heavy atom. The fraction of sp³-hybridized carbons (Fsp3) is 0.357. The first-order valence-corrected chi connectivity index (χ1v) is 11.5. The van der Waals surface area contributed by atoms with E-state index in [1.54, 1.807) is 7.11 Å². The molecular weight excluding hydrogens is 396 g/mol. The lowest BCUT2D eigenvalue weighted by Crippen LogP contribution is -2.41. The molecule has 0 saturated carbocycles. The molecule has 1 saturated heterocycles. The molecule has 4 heteroatoms. The van der Waals surface area contributed by atoms with Gasteiger partial charge in [-0.1, -0.05) is 60.7 Å². The fourth-order valence-electron chi connectivity index (χ4n) is 4.27. The smallest absolute Gasteiger partial charge is 0.161 e. The van der Waals surface area contributed by atoms with Crippen LogP contribution >= 0.6 is 0 Å². The monoisotopic (exact) mass is 430 g/mol. The van der Waals surface area contributed by atoms with Gasteiger partial charge in [-0.3, -0.25) is 4.90 Å². The number of hydrogen-bond donors (Lipinski definition) is 1. The highest BCUT2D eigenvalue weighted by Crippen LogP contribution is 2.29. The van der Waals surface area contributed by atoms with Crippen LogP contribution in [0.5, 0.6) is 11.5 Å². The van der Waals surface area contributed by atoms with Crippen molar-refractivity contribution in [3.63, 3.8) is 0 Å². The van der Waals surface area contributed by atoms with Crippen LogP contribution in [0.25, 0.3) is 0 Å². The van der Waals surface area contributed by atoms with E-state index >= 15 is 0 Å². The Morgan fingerprint density at radius 1 is 0.875 bits per heavy atom. The molecule has 0 aromatic heterocycles. The summed E-state index contributed by atoms with van der Waals surface area (Å²) in [4.78, 5) is 2.55. The zero-order valence-corrected chi connectivity index (χ0v) is 19.2. The number of rotatable bonds is 9. The number of piperidine rings is 1. The van der Waals surface area contributed by atoms with Crippen LogP contribution in [0.1, 0.15) is 35.1 Å². The summed E-state index contributed by atoms with van der Waals surface area (Å²) >= 11 is 0. The number of benzene rings is 3. The maximum absolute atomic E-state index is 6.05. The van der Waals surface area contributed by atoms with Crippen molar-refractivity contribution in [2.24, 2.45) is 0 Å². The molecule has 168 valence electrons. The average molecular weight is 431 g/mol. The Balaban J connectivity index is 1.25. The Hall–Kier alpha value is -2.82. The highest BCUT2D eigenvalue weighted by atomic mass is 16.5. The van der Waals surface area contributed by atoms with Gasteiger partial charge in [0.2, 0.25) is 0 Å². The second kappa shape index (κ2) is 11.2. The molecule has 1 fully saturated rings. The molecule has 1 N–H and O–H groups in total. The largest absolute Gasteiger partial charge is 0.493 e. The fourth-order valence-corrected chi connectivity index (χ4v) is 4.27. The van der Waals surface area contributed by atoms with Crippen molar-refractivity contribution < 1.29 is 9.47 Å². The van der Waals surface area contributed by atoms with Gasteiger partial charge in [0.05, 0.1) is 7.11 Å². The molecule has 0 unspecified atom stereocenters. The number of nitrogens with zero attached hydrogens (tertiary/aromatic N) is 1. The van der Waals surface area contributed by atoms with Gasteiger partial charge in [0.25, 0.3) is 0 Å². The van der Waals surface area contributed by atoms with Crippen LogP contribution in [0.3, 0.4) is 0 Å². The highest BCUT2D eigenvalue weighted by molar-refractivity contribution is 5.43. The van der Waals surface area contributed by atoms with Gasteiger partial charge in [-0.05, 0) is 67.2 Å². The molecule has 0 bridgehead atoms. The Kier molecular flexibility index (Phi) is 7.81. The Bertz CT molecular complexity index is 982. The second-order valence-electron chi connectivity index (χ2n) is 8.62. The summed E-state index contributed by atoms with van der Waals surface area (Å²) in [7, 11) is 1.70. The molecule has 0 amide bonds. The molecule has 32 heavy (non-hydrogen) atoms. The van der Waals surface area contributed by atoms with E-state index in [1.165, 1.54) is 35.1 Å². The van der Waals surface area contributed by atoms with Gasteiger partial charge in [0.15, 0.2) is 11.5 Å². The third-order valence-corrected chi connectivity index (χ3v) is 6.30. The molecule has 3 aromatic carbocycles. The number of likely N-dealkylation sites (tertiary alicyclic amines) is 1. The Morgan fingerprint density at radius 2 is 1.62 bits per heavy atom. The van der Waals surface area contributed by atoms with Gasteiger partial charge >= 0.3 is 0 Å². The van der Waals surface area contributed by atoms with Gasteiger partial charge < -0.3 is 14.8 Å². The molecule has 4 rings (SSSR count). The molecular formula is C28H34N2O2. The van der Waals surface area contributed by atoms with Crippen molar-refractivity contribution in [2.45, 2.75) is 45.5 Å². The lowest BCUT2D eigenvalue weighted by molar-refractivity contribution is 0.190. The van der Waals surface area contributed by atoms with E-state index in [0.29, 0.717) is 12.6 Å². The molecule has 1 heterocycles. The van der Waals surface area contributed by atoms with Crippen molar-refractivity contribution in [3.8, 4) is 11.5 Å². The molecule has 0 aliphatic carbocycles. The van der Waals surface area contributed by atoms with Gasteiger partial charge in [-0.2, -0.15) is 0 Å². The summed E-state index contributed by atoms with van der Waals surface area (Å²) in [5, 5.41) is 3.74. The SMILES string of the molecule is COc1cc(CNC2CCN(Cc3ccccc3)CC2)ccc1OCc1ccccc1C. The minimum atomic E-state index is 0.544. The topological polar surface area (TPSA) is 33.7 Å². The summed E-state index contributed by atoms with van der Waals surface area (Å²) in [6.07, 6.45) is 2.36. The van der Waals surface area contributed by atoms with Crippen molar-refractivity contribution >= 4 is 0 Å². The molecule has 0 spiro atoms. The second-order valence-corrected chi connectivity index (χ2v) is 8.62. The van der Waals surface area contributed by atoms with Crippen LogP contribution in [-0.4, -0.2) is 31.1 Å². The summed E-state index contributed by atoms with van der Waals surface area (Å²) < 4.78 is 11.7. The lowest BCUT2D eigenvalue weighted by atomic mass is 10.0. The normalized spacial score (nSPS) is 14.9. The zero-order chi connectivity index (χ0) is 22.2. The van der Waals surface area contributed by atoms with Crippen molar-refractivity contribution in [1.29, 1.82) is 0 Å². The van der Waals surface area contributed by atoms with Gasteiger partial charge in [-0.15, -0.1) is 0 Å². The maximum Gasteiger partial charge on any atom is 0.161 e.